The molecule has 5 rings (SSSR count). The van der Waals surface area contributed by atoms with E-state index in [4.69, 9.17) is 9.47 Å². The first kappa shape index (κ1) is 18.3. The van der Waals surface area contributed by atoms with Gasteiger partial charge >= 0.3 is 6.18 Å². The van der Waals surface area contributed by atoms with Crippen LogP contribution in [0.1, 0.15) is 5.69 Å². The van der Waals surface area contributed by atoms with E-state index in [-0.39, 0.29) is 16.9 Å². The first-order valence-electron chi connectivity index (χ1n) is 9.10. The Morgan fingerprint density at radius 2 is 1.67 bits per heavy atom. The molecule has 0 atom stereocenters. The van der Waals surface area contributed by atoms with Gasteiger partial charge in [-0.25, -0.2) is 9.50 Å². The number of halogens is 3. The summed E-state index contributed by atoms with van der Waals surface area (Å²) in [7, 11) is 0. The minimum atomic E-state index is -4.69. The predicted molar refractivity (Wildman–Crippen MR) is 103 cm³/mol. The van der Waals surface area contributed by atoms with Gasteiger partial charge in [0.2, 0.25) is 0 Å². The van der Waals surface area contributed by atoms with Gasteiger partial charge in [0.1, 0.15) is 18.9 Å². The molecule has 0 bridgehead atoms. The SMILES string of the molecule is O=c1cc(-c2ccc3c(c2)OCCO3)nc2c(-c3ccccc3)c(C(F)(F)F)[nH]n12. The van der Waals surface area contributed by atoms with E-state index in [1.807, 2.05) is 0 Å². The van der Waals surface area contributed by atoms with Crippen LogP contribution in [0, 0.1) is 0 Å². The molecule has 2 aromatic heterocycles. The smallest absolute Gasteiger partial charge is 0.433 e. The Balaban J connectivity index is 1.76. The minimum absolute atomic E-state index is 0.106. The Kier molecular flexibility index (Phi) is 4.05. The Morgan fingerprint density at radius 1 is 0.933 bits per heavy atom. The molecule has 1 N–H and O–H groups in total. The highest BCUT2D eigenvalue weighted by Gasteiger charge is 2.38. The van der Waals surface area contributed by atoms with Crippen LogP contribution in [0.25, 0.3) is 28.0 Å². The quantitative estimate of drug-likeness (QED) is 0.536. The third-order valence-electron chi connectivity index (χ3n) is 4.80. The van der Waals surface area contributed by atoms with Crippen molar-refractivity contribution in [3.05, 3.63) is 70.6 Å². The lowest BCUT2D eigenvalue weighted by molar-refractivity contribution is -0.140. The molecule has 3 heterocycles. The number of fused-ring (bicyclic) bond motifs is 2. The molecule has 152 valence electrons. The monoisotopic (exact) mass is 413 g/mol. The van der Waals surface area contributed by atoms with E-state index in [1.165, 1.54) is 6.07 Å². The molecule has 6 nitrogen and oxygen atoms in total. The summed E-state index contributed by atoms with van der Waals surface area (Å²) in [5.74, 6) is 1.06. The van der Waals surface area contributed by atoms with Crippen molar-refractivity contribution in [2.24, 2.45) is 0 Å². The van der Waals surface area contributed by atoms with Gasteiger partial charge in [0, 0.05) is 11.6 Å². The highest BCUT2D eigenvalue weighted by molar-refractivity contribution is 5.81. The van der Waals surface area contributed by atoms with Gasteiger partial charge in [-0.15, -0.1) is 0 Å². The van der Waals surface area contributed by atoms with Crippen LogP contribution in [0.4, 0.5) is 13.2 Å². The molecular formula is C21H14F3N3O3. The van der Waals surface area contributed by atoms with Crippen LogP contribution in [-0.2, 0) is 6.18 Å². The van der Waals surface area contributed by atoms with Crippen molar-refractivity contribution in [2.45, 2.75) is 6.18 Å². The summed E-state index contributed by atoms with van der Waals surface area (Å²) in [4.78, 5) is 17.1. The maximum atomic E-state index is 13.7. The predicted octanol–water partition coefficient (Wildman–Crippen LogP) is 4.15. The van der Waals surface area contributed by atoms with E-state index < -0.39 is 17.4 Å². The molecule has 0 amide bonds. The Labute approximate surface area is 167 Å². The second-order valence-corrected chi connectivity index (χ2v) is 6.72. The molecule has 2 aromatic carbocycles. The first-order chi connectivity index (χ1) is 14.4. The fourth-order valence-corrected chi connectivity index (χ4v) is 3.47. The van der Waals surface area contributed by atoms with Crippen LogP contribution in [0.5, 0.6) is 11.5 Å². The van der Waals surface area contributed by atoms with Gasteiger partial charge in [-0.2, -0.15) is 13.2 Å². The third-order valence-corrected chi connectivity index (χ3v) is 4.80. The normalized spacial score (nSPS) is 13.6. The maximum Gasteiger partial charge on any atom is 0.433 e. The first-order valence-corrected chi connectivity index (χ1v) is 9.10. The van der Waals surface area contributed by atoms with Crippen LogP contribution < -0.4 is 15.0 Å². The van der Waals surface area contributed by atoms with Crippen LogP contribution in [0.15, 0.2) is 59.4 Å². The molecule has 4 aromatic rings. The molecular weight excluding hydrogens is 399 g/mol. The van der Waals surface area contributed by atoms with E-state index in [9.17, 15) is 18.0 Å². The van der Waals surface area contributed by atoms with Gasteiger partial charge < -0.3 is 9.47 Å². The summed E-state index contributed by atoms with van der Waals surface area (Å²) in [6.07, 6.45) is -4.69. The van der Waals surface area contributed by atoms with E-state index in [0.29, 0.717) is 35.8 Å². The van der Waals surface area contributed by atoms with Crippen molar-refractivity contribution in [3.8, 4) is 33.9 Å². The number of hydrogen-bond acceptors (Lipinski definition) is 4. The molecule has 30 heavy (non-hydrogen) atoms. The van der Waals surface area contributed by atoms with Gasteiger partial charge in [-0.05, 0) is 23.8 Å². The van der Waals surface area contributed by atoms with E-state index in [1.54, 1.807) is 48.5 Å². The maximum absolute atomic E-state index is 13.7. The number of nitrogens with zero attached hydrogens (tertiary/aromatic N) is 2. The van der Waals surface area contributed by atoms with Gasteiger partial charge in [-0.3, -0.25) is 9.89 Å². The van der Waals surface area contributed by atoms with Crippen molar-refractivity contribution in [2.75, 3.05) is 13.2 Å². The summed E-state index contributed by atoms with van der Waals surface area (Å²) < 4.78 is 53.0. The van der Waals surface area contributed by atoms with Gasteiger partial charge in [0.25, 0.3) is 5.56 Å². The zero-order chi connectivity index (χ0) is 20.9. The van der Waals surface area contributed by atoms with E-state index in [2.05, 4.69) is 10.1 Å². The van der Waals surface area contributed by atoms with E-state index >= 15 is 0 Å². The van der Waals surface area contributed by atoms with Crippen LogP contribution in [0.2, 0.25) is 0 Å². The van der Waals surface area contributed by atoms with Crippen molar-refractivity contribution in [1.29, 1.82) is 0 Å². The largest absolute Gasteiger partial charge is 0.486 e. The number of aromatic nitrogens is 3. The zero-order valence-electron chi connectivity index (χ0n) is 15.4. The van der Waals surface area contributed by atoms with Crippen molar-refractivity contribution < 1.29 is 22.6 Å². The van der Waals surface area contributed by atoms with Crippen LogP contribution in [0.3, 0.4) is 0 Å². The summed E-state index contributed by atoms with van der Waals surface area (Å²) in [5.41, 5.74) is -0.898. The van der Waals surface area contributed by atoms with Gasteiger partial charge in [-0.1, -0.05) is 30.3 Å². The summed E-state index contributed by atoms with van der Waals surface area (Å²) in [5, 5.41) is 2.17. The molecule has 0 aliphatic carbocycles. The molecule has 0 saturated carbocycles. The highest BCUT2D eigenvalue weighted by atomic mass is 19.4. The second-order valence-electron chi connectivity index (χ2n) is 6.72. The lowest BCUT2D eigenvalue weighted by Gasteiger charge is -2.18. The molecule has 0 unspecified atom stereocenters. The number of aromatic amines is 1. The fourth-order valence-electron chi connectivity index (χ4n) is 3.47. The number of ether oxygens (including phenoxy) is 2. The van der Waals surface area contributed by atoms with Gasteiger partial charge in [0.05, 0.1) is 11.3 Å². The van der Waals surface area contributed by atoms with Crippen LogP contribution in [-0.4, -0.2) is 27.8 Å². The Hall–Kier alpha value is -3.75. The second kappa shape index (κ2) is 6.65. The van der Waals surface area contributed by atoms with Crippen molar-refractivity contribution in [3.63, 3.8) is 0 Å². The third kappa shape index (κ3) is 2.99. The summed E-state index contributed by atoms with van der Waals surface area (Å²) in [6, 6.07) is 14.3. The molecule has 0 radical (unpaired) electrons. The average molecular weight is 413 g/mol. The van der Waals surface area contributed by atoms with E-state index in [0.717, 1.165) is 4.52 Å². The number of rotatable bonds is 2. The average Bonchev–Trinajstić information content (AvgIpc) is 3.15. The number of benzene rings is 2. The minimum Gasteiger partial charge on any atom is -0.486 e. The Bertz CT molecular complexity index is 1310. The van der Waals surface area contributed by atoms with Crippen LogP contribution >= 0.6 is 0 Å². The summed E-state index contributed by atoms with van der Waals surface area (Å²) >= 11 is 0. The lowest BCUT2D eigenvalue weighted by atomic mass is 10.1. The van der Waals surface area contributed by atoms with Crippen molar-refractivity contribution in [1.82, 2.24) is 14.6 Å². The summed E-state index contributed by atoms with van der Waals surface area (Å²) in [6.45, 7) is 0.818. The molecule has 0 fully saturated rings. The lowest BCUT2D eigenvalue weighted by Crippen LogP contribution is -2.16. The number of hydrogen-bond donors (Lipinski definition) is 1. The number of alkyl halides is 3. The molecule has 1 aliphatic heterocycles. The topological polar surface area (TPSA) is 68.6 Å². The standard InChI is InChI=1S/C21H14F3N3O3/c22-21(23,24)19-18(12-4-2-1-3-5-12)20-25-14(11-17(28)27(20)26-19)13-6-7-15-16(10-13)30-9-8-29-15/h1-7,10-11,26H,8-9H2. The number of nitrogens with one attached hydrogen (secondary N) is 1. The molecule has 1 aliphatic rings. The molecule has 9 heteroatoms. The zero-order valence-corrected chi connectivity index (χ0v) is 15.4. The highest BCUT2D eigenvalue weighted by Crippen LogP contribution is 2.39. The Morgan fingerprint density at radius 3 is 2.40 bits per heavy atom. The number of H-pyrrole nitrogens is 1. The van der Waals surface area contributed by atoms with Crippen molar-refractivity contribution >= 4 is 5.65 Å². The van der Waals surface area contributed by atoms with Gasteiger partial charge in [0.15, 0.2) is 17.1 Å². The molecule has 0 spiro atoms. The fraction of sp³-hybridized carbons (Fsp3) is 0.143. The molecule has 0 saturated heterocycles.